The summed E-state index contributed by atoms with van der Waals surface area (Å²) in [6.07, 6.45) is -7.11. The fourth-order valence-corrected chi connectivity index (χ4v) is 1.86. The van der Waals surface area contributed by atoms with Crippen LogP contribution in [0, 0.1) is 20.8 Å². The van der Waals surface area contributed by atoms with E-state index in [4.69, 9.17) is 4.74 Å². The van der Waals surface area contributed by atoms with Crippen molar-refractivity contribution in [3.05, 3.63) is 28.3 Å². The van der Waals surface area contributed by atoms with Gasteiger partial charge < -0.3 is 9.84 Å². The Hall–Kier alpha value is -1.23. The predicted molar refractivity (Wildman–Crippen MR) is 58.2 cm³/mol. The van der Waals surface area contributed by atoms with Crippen molar-refractivity contribution in [1.29, 1.82) is 0 Å². The van der Waals surface area contributed by atoms with Crippen LogP contribution in [0.1, 0.15) is 28.4 Å². The van der Waals surface area contributed by atoms with Gasteiger partial charge >= 0.3 is 6.18 Å². The van der Waals surface area contributed by atoms with Crippen molar-refractivity contribution in [3.63, 3.8) is 0 Å². The molecule has 96 valence electrons. The zero-order valence-corrected chi connectivity index (χ0v) is 10.1. The molecule has 0 saturated heterocycles. The van der Waals surface area contributed by atoms with Gasteiger partial charge in [-0.3, -0.25) is 0 Å². The number of ether oxygens (including phenoxy) is 1. The summed E-state index contributed by atoms with van der Waals surface area (Å²) in [5.74, 6) is 0.526. The summed E-state index contributed by atoms with van der Waals surface area (Å²) < 4.78 is 42.6. The first kappa shape index (κ1) is 13.8. The third-order valence-corrected chi connectivity index (χ3v) is 2.91. The number of aryl methyl sites for hydroxylation is 1. The van der Waals surface area contributed by atoms with Crippen molar-refractivity contribution in [1.82, 2.24) is 0 Å². The molecule has 1 unspecified atom stereocenters. The molecule has 1 N–H and O–H groups in total. The van der Waals surface area contributed by atoms with E-state index in [1.165, 1.54) is 20.1 Å². The van der Waals surface area contributed by atoms with Gasteiger partial charge in [0, 0.05) is 0 Å². The molecule has 0 spiro atoms. The van der Waals surface area contributed by atoms with Crippen molar-refractivity contribution < 1.29 is 23.0 Å². The van der Waals surface area contributed by atoms with Crippen LogP contribution < -0.4 is 4.74 Å². The second kappa shape index (κ2) is 4.56. The number of hydrogen-bond acceptors (Lipinski definition) is 2. The Balaban J connectivity index is 3.41. The second-order valence-corrected chi connectivity index (χ2v) is 4.00. The first-order chi connectivity index (χ1) is 7.70. The minimum absolute atomic E-state index is 0.0872. The average Bonchev–Trinajstić information content (AvgIpc) is 2.22. The summed E-state index contributed by atoms with van der Waals surface area (Å²) in [5, 5.41) is 9.34. The lowest BCUT2D eigenvalue weighted by Gasteiger charge is -2.22. The molecule has 0 heterocycles. The fourth-order valence-electron chi connectivity index (χ4n) is 1.86. The van der Waals surface area contributed by atoms with Crippen LogP contribution >= 0.6 is 0 Å². The fraction of sp³-hybridized carbons (Fsp3) is 0.500. The van der Waals surface area contributed by atoms with Crippen molar-refractivity contribution in [2.45, 2.75) is 33.1 Å². The molecule has 17 heavy (non-hydrogen) atoms. The molecule has 0 aromatic heterocycles. The third kappa shape index (κ3) is 2.54. The standard InChI is InChI=1S/C12H15F3O2/c1-6-5-9(17-4)7(2)8(3)10(6)11(16)12(13,14)15/h5,11,16H,1-4H3. The Morgan fingerprint density at radius 3 is 2.12 bits per heavy atom. The van der Waals surface area contributed by atoms with Crippen LogP contribution in [0.25, 0.3) is 0 Å². The van der Waals surface area contributed by atoms with Gasteiger partial charge in [-0.2, -0.15) is 13.2 Å². The minimum Gasteiger partial charge on any atom is -0.496 e. The molecule has 5 heteroatoms. The average molecular weight is 248 g/mol. The Labute approximate surface area is 98.0 Å². The van der Waals surface area contributed by atoms with E-state index in [0.29, 0.717) is 22.4 Å². The van der Waals surface area contributed by atoms with Gasteiger partial charge in [-0.15, -0.1) is 0 Å². The van der Waals surface area contributed by atoms with Crippen molar-refractivity contribution >= 4 is 0 Å². The van der Waals surface area contributed by atoms with E-state index < -0.39 is 12.3 Å². The molecule has 2 nitrogen and oxygen atoms in total. The Morgan fingerprint density at radius 2 is 1.71 bits per heavy atom. The molecule has 0 bridgehead atoms. The van der Waals surface area contributed by atoms with Gasteiger partial charge in [0.05, 0.1) is 7.11 Å². The third-order valence-electron chi connectivity index (χ3n) is 2.91. The number of methoxy groups -OCH3 is 1. The number of alkyl halides is 3. The highest BCUT2D eigenvalue weighted by Crippen LogP contribution is 2.38. The normalized spacial score (nSPS) is 13.6. The van der Waals surface area contributed by atoms with E-state index in [1.807, 2.05) is 0 Å². The smallest absolute Gasteiger partial charge is 0.418 e. The van der Waals surface area contributed by atoms with Crippen LogP contribution in [0.4, 0.5) is 13.2 Å². The Kier molecular flexibility index (Phi) is 3.71. The van der Waals surface area contributed by atoms with Gasteiger partial charge in [-0.25, -0.2) is 0 Å². The van der Waals surface area contributed by atoms with Crippen molar-refractivity contribution in [2.75, 3.05) is 7.11 Å². The zero-order valence-electron chi connectivity index (χ0n) is 10.1. The quantitative estimate of drug-likeness (QED) is 0.870. The minimum atomic E-state index is -4.66. The summed E-state index contributed by atoms with van der Waals surface area (Å²) in [6, 6.07) is 1.51. The molecule has 0 aliphatic carbocycles. The zero-order chi connectivity index (χ0) is 13.4. The SMILES string of the molecule is COc1cc(C)c(C(O)C(F)(F)F)c(C)c1C. The topological polar surface area (TPSA) is 29.5 Å². The maximum atomic E-state index is 12.5. The van der Waals surface area contributed by atoms with Gasteiger partial charge in [-0.05, 0) is 49.1 Å². The molecule has 0 saturated carbocycles. The number of rotatable bonds is 2. The number of aliphatic hydroxyl groups excluding tert-OH is 1. The van der Waals surface area contributed by atoms with Crippen LogP contribution in [0.15, 0.2) is 6.07 Å². The molecule has 0 fully saturated rings. The molecule has 1 aromatic carbocycles. The van der Waals surface area contributed by atoms with E-state index in [9.17, 15) is 18.3 Å². The van der Waals surface area contributed by atoms with E-state index >= 15 is 0 Å². The van der Waals surface area contributed by atoms with Gasteiger partial charge in [0.2, 0.25) is 0 Å². The Bertz CT molecular complexity index is 425. The summed E-state index contributed by atoms with van der Waals surface area (Å²) in [6.45, 7) is 4.74. The van der Waals surface area contributed by atoms with Gasteiger partial charge in [0.15, 0.2) is 6.10 Å². The first-order valence-electron chi connectivity index (χ1n) is 5.09. The second-order valence-electron chi connectivity index (χ2n) is 4.00. The highest BCUT2D eigenvalue weighted by Gasteiger charge is 2.41. The summed E-state index contributed by atoms with van der Waals surface area (Å²) in [5.41, 5.74) is 1.30. The molecule has 0 aliphatic rings. The Morgan fingerprint density at radius 1 is 1.18 bits per heavy atom. The van der Waals surface area contributed by atoms with Crippen LogP contribution in [0.5, 0.6) is 5.75 Å². The molecule has 1 aromatic rings. The van der Waals surface area contributed by atoms with E-state index in [2.05, 4.69) is 0 Å². The maximum Gasteiger partial charge on any atom is 0.418 e. The summed E-state index contributed by atoms with van der Waals surface area (Å²) in [7, 11) is 1.46. The van der Waals surface area contributed by atoms with E-state index in [0.717, 1.165) is 0 Å². The van der Waals surface area contributed by atoms with Crippen LogP contribution in [-0.4, -0.2) is 18.4 Å². The number of aliphatic hydroxyl groups is 1. The highest BCUT2D eigenvalue weighted by molar-refractivity contribution is 5.49. The van der Waals surface area contributed by atoms with E-state index in [1.54, 1.807) is 13.8 Å². The molecular weight excluding hydrogens is 233 g/mol. The highest BCUT2D eigenvalue weighted by atomic mass is 19.4. The largest absolute Gasteiger partial charge is 0.496 e. The lowest BCUT2D eigenvalue weighted by molar-refractivity contribution is -0.207. The molecule has 1 atom stereocenters. The number of benzene rings is 1. The lowest BCUT2D eigenvalue weighted by Crippen LogP contribution is -2.22. The van der Waals surface area contributed by atoms with Crippen LogP contribution in [-0.2, 0) is 0 Å². The number of halogens is 3. The van der Waals surface area contributed by atoms with Gasteiger partial charge in [-0.1, -0.05) is 0 Å². The van der Waals surface area contributed by atoms with Crippen LogP contribution in [0.3, 0.4) is 0 Å². The summed E-state index contributed by atoms with van der Waals surface area (Å²) >= 11 is 0. The monoisotopic (exact) mass is 248 g/mol. The van der Waals surface area contributed by atoms with Crippen molar-refractivity contribution in [3.8, 4) is 5.75 Å². The van der Waals surface area contributed by atoms with E-state index in [-0.39, 0.29) is 5.56 Å². The van der Waals surface area contributed by atoms with Gasteiger partial charge in [0.1, 0.15) is 5.75 Å². The first-order valence-corrected chi connectivity index (χ1v) is 5.09. The summed E-state index contributed by atoms with van der Waals surface area (Å²) in [4.78, 5) is 0. The predicted octanol–water partition coefficient (Wildman–Crippen LogP) is 3.22. The molecule has 0 radical (unpaired) electrons. The van der Waals surface area contributed by atoms with Crippen LogP contribution in [0.2, 0.25) is 0 Å². The van der Waals surface area contributed by atoms with Crippen molar-refractivity contribution in [2.24, 2.45) is 0 Å². The molecule has 0 amide bonds. The number of hydrogen-bond donors (Lipinski definition) is 1. The lowest BCUT2D eigenvalue weighted by atomic mass is 9.93. The molecule has 1 rings (SSSR count). The molecular formula is C12H15F3O2. The van der Waals surface area contributed by atoms with Gasteiger partial charge in [0.25, 0.3) is 0 Å². The molecule has 0 aliphatic heterocycles. The maximum absolute atomic E-state index is 12.5.